The second kappa shape index (κ2) is 7.23. The van der Waals surface area contributed by atoms with Gasteiger partial charge >= 0.3 is 5.97 Å². The predicted molar refractivity (Wildman–Crippen MR) is 90.8 cm³/mol. The summed E-state index contributed by atoms with van der Waals surface area (Å²) >= 11 is 1.70. The van der Waals surface area contributed by atoms with Gasteiger partial charge in [-0.15, -0.1) is 11.8 Å². The lowest BCUT2D eigenvalue weighted by Crippen LogP contribution is -2.46. The molecule has 3 rings (SSSR count). The van der Waals surface area contributed by atoms with Crippen LogP contribution in [0, 0.1) is 0 Å². The van der Waals surface area contributed by atoms with Gasteiger partial charge in [0.05, 0.1) is 12.3 Å². The van der Waals surface area contributed by atoms with Crippen LogP contribution in [-0.2, 0) is 4.79 Å². The number of nitrogens with zero attached hydrogens (tertiary/aromatic N) is 1. The van der Waals surface area contributed by atoms with Crippen LogP contribution in [0.1, 0.15) is 36.6 Å². The fraction of sp³-hybridized carbons (Fsp3) is 0.389. The molecule has 0 spiro atoms. The smallest absolute Gasteiger partial charge is 0.320 e. The molecule has 1 aromatic carbocycles. The van der Waals surface area contributed by atoms with Gasteiger partial charge in [-0.1, -0.05) is 18.6 Å². The third-order valence-corrected chi connectivity index (χ3v) is 5.15. The van der Waals surface area contributed by atoms with Gasteiger partial charge in [-0.25, -0.2) is 0 Å². The lowest BCUT2D eigenvalue weighted by molar-refractivity contribution is -0.145. The van der Waals surface area contributed by atoms with Crippen LogP contribution in [0.5, 0.6) is 0 Å². The van der Waals surface area contributed by atoms with Gasteiger partial charge in [-0.3, -0.25) is 9.69 Å². The van der Waals surface area contributed by atoms with Crippen molar-refractivity contribution in [3.05, 3.63) is 54.0 Å². The first-order chi connectivity index (χ1) is 11.2. The van der Waals surface area contributed by atoms with Crippen molar-refractivity contribution in [2.24, 2.45) is 0 Å². The SMILES string of the molecule is CSc1ccc(C(c2ccco2)N2CCCCC2C(=O)O)cc1. The zero-order valence-electron chi connectivity index (χ0n) is 13.1. The third-order valence-electron chi connectivity index (χ3n) is 4.41. The van der Waals surface area contributed by atoms with Crippen LogP contribution in [0.2, 0.25) is 0 Å². The van der Waals surface area contributed by atoms with Crippen molar-refractivity contribution in [2.75, 3.05) is 12.8 Å². The monoisotopic (exact) mass is 331 g/mol. The third kappa shape index (κ3) is 3.46. The number of carboxylic acids is 1. The molecule has 0 bridgehead atoms. The molecule has 1 saturated heterocycles. The zero-order valence-corrected chi connectivity index (χ0v) is 14.0. The van der Waals surface area contributed by atoms with Crippen LogP contribution in [-0.4, -0.2) is 34.8 Å². The topological polar surface area (TPSA) is 53.7 Å². The molecule has 0 amide bonds. The molecular formula is C18H21NO3S. The first-order valence-corrected chi connectivity index (χ1v) is 9.09. The van der Waals surface area contributed by atoms with Crippen LogP contribution in [0.4, 0.5) is 0 Å². The standard InChI is InChI=1S/C18H21NO3S/c1-23-14-9-7-13(8-10-14)17(16-6-4-12-22-16)19-11-3-2-5-15(19)18(20)21/h4,6-10,12,15,17H,2-3,5,11H2,1H3,(H,20,21). The van der Waals surface area contributed by atoms with Gasteiger partial charge in [-0.2, -0.15) is 0 Å². The number of benzene rings is 1. The molecule has 122 valence electrons. The Morgan fingerprint density at radius 2 is 2.09 bits per heavy atom. The van der Waals surface area contributed by atoms with Crippen molar-refractivity contribution in [3.8, 4) is 0 Å². The summed E-state index contributed by atoms with van der Waals surface area (Å²) in [5, 5.41) is 9.61. The van der Waals surface area contributed by atoms with Gasteiger partial charge in [0.15, 0.2) is 0 Å². The first kappa shape index (κ1) is 16.1. The van der Waals surface area contributed by atoms with Crippen molar-refractivity contribution < 1.29 is 14.3 Å². The largest absolute Gasteiger partial charge is 0.480 e. The summed E-state index contributed by atoms with van der Waals surface area (Å²) in [4.78, 5) is 15.0. The summed E-state index contributed by atoms with van der Waals surface area (Å²) in [6.45, 7) is 0.770. The number of aliphatic carboxylic acids is 1. The van der Waals surface area contributed by atoms with Crippen LogP contribution in [0.3, 0.4) is 0 Å². The van der Waals surface area contributed by atoms with E-state index in [9.17, 15) is 9.90 Å². The number of thioether (sulfide) groups is 1. The molecule has 2 heterocycles. The average Bonchev–Trinajstić information content (AvgIpc) is 3.10. The maximum atomic E-state index is 11.7. The highest BCUT2D eigenvalue weighted by molar-refractivity contribution is 7.98. The molecule has 1 fully saturated rings. The highest BCUT2D eigenvalue weighted by Gasteiger charge is 2.36. The first-order valence-electron chi connectivity index (χ1n) is 7.86. The molecule has 1 N–H and O–H groups in total. The molecule has 2 aromatic rings. The Labute approximate surface area is 140 Å². The minimum atomic E-state index is -0.748. The lowest BCUT2D eigenvalue weighted by Gasteiger charge is -2.38. The summed E-state index contributed by atoms with van der Waals surface area (Å²) < 4.78 is 5.65. The summed E-state index contributed by atoms with van der Waals surface area (Å²) in [6.07, 6.45) is 6.37. The van der Waals surface area contributed by atoms with Gasteiger partial charge in [0, 0.05) is 11.4 Å². The molecule has 23 heavy (non-hydrogen) atoms. The Morgan fingerprint density at radius 1 is 1.30 bits per heavy atom. The summed E-state index contributed by atoms with van der Waals surface area (Å²) in [5.41, 5.74) is 1.07. The van der Waals surface area contributed by atoms with Crippen LogP contribution < -0.4 is 0 Å². The Hall–Kier alpha value is -1.72. The molecule has 5 heteroatoms. The average molecular weight is 331 g/mol. The molecule has 0 saturated carbocycles. The molecule has 0 aliphatic carbocycles. The quantitative estimate of drug-likeness (QED) is 0.838. The molecule has 1 aromatic heterocycles. The summed E-state index contributed by atoms with van der Waals surface area (Å²) in [7, 11) is 0. The van der Waals surface area contributed by atoms with E-state index in [1.165, 1.54) is 4.90 Å². The summed E-state index contributed by atoms with van der Waals surface area (Å²) in [6, 6.07) is 11.5. The van der Waals surface area contributed by atoms with Crippen molar-refractivity contribution in [2.45, 2.75) is 36.2 Å². The van der Waals surface area contributed by atoms with Crippen LogP contribution >= 0.6 is 11.8 Å². The van der Waals surface area contributed by atoms with Crippen molar-refractivity contribution in [1.82, 2.24) is 4.90 Å². The minimum absolute atomic E-state index is 0.151. The number of furan rings is 1. The van der Waals surface area contributed by atoms with E-state index in [0.29, 0.717) is 6.42 Å². The highest BCUT2D eigenvalue weighted by Crippen LogP contribution is 2.35. The Balaban J connectivity index is 1.99. The number of rotatable bonds is 5. The van der Waals surface area contributed by atoms with Crippen LogP contribution in [0.15, 0.2) is 52.0 Å². The van der Waals surface area contributed by atoms with E-state index >= 15 is 0 Å². The molecule has 1 aliphatic heterocycles. The highest BCUT2D eigenvalue weighted by atomic mass is 32.2. The molecule has 4 nitrogen and oxygen atoms in total. The number of likely N-dealkylation sites (tertiary alicyclic amines) is 1. The normalized spacial score (nSPS) is 20.3. The Kier molecular flexibility index (Phi) is 5.08. The second-order valence-electron chi connectivity index (χ2n) is 5.78. The Bertz CT molecular complexity index is 639. The van der Waals surface area contributed by atoms with E-state index in [2.05, 4.69) is 29.2 Å². The zero-order chi connectivity index (χ0) is 16.2. The fourth-order valence-electron chi connectivity index (χ4n) is 3.28. The van der Waals surface area contributed by atoms with Crippen LogP contribution in [0.25, 0.3) is 0 Å². The maximum absolute atomic E-state index is 11.7. The van der Waals surface area contributed by atoms with E-state index < -0.39 is 12.0 Å². The van der Waals surface area contributed by atoms with Gasteiger partial charge in [-0.05, 0) is 48.9 Å². The van der Waals surface area contributed by atoms with E-state index in [1.807, 2.05) is 18.4 Å². The fourth-order valence-corrected chi connectivity index (χ4v) is 3.69. The van der Waals surface area contributed by atoms with Crippen molar-refractivity contribution in [1.29, 1.82) is 0 Å². The molecule has 2 atom stereocenters. The Morgan fingerprint density at radius 3 is 2.70 bits per heavy atom. The minimum Gasteiger partial charge on any atom is -0.480 e. The van der Waals surface area contributed by atoms with E-state index in [4.69, 9.17) is 4.42 Å². The second-order valence-corrected chi connectivity index (χ2v) is 6.66. The molecule has 2 unspecified atom stereocenters. The van der Waals surface area contributed by atoms with Gasteiger partial charge in [0.25, 0.3) is 0 Å². The van der Waals surface area contributed by atoms with E-state index in [0.717, 1.165) is 30.7 Å². The number of hydrogen-bond donors (Lipinski definition) is 1. The van der Waals surface area contributed by atoms with E-state index in [1.54, 1.807) is 18.0 Å². The summed E-state index contributed by atoms with van der Waals surface area (Å²) in [5.74, 6) is 0.0528. The van der Waals surface area contributed by atoms with Crippen molar-refractivity contribution >= 4 is 17.7 Å². The maximum Gasteiger partial charge on any atom is 0.320 e. The molecular weight excluding hydrogens is 310 g/mol. The number of hydrogen-bond acceptors (Lipinski definition) is 4. The number of carbonyl (C=O) groups is 1. The van der Waals surface area contributed by atoms with E-state index in [-0.39, 0.29) is 6.04 Å². The molecule has 1 aliphatic rings. The van der Waals surface area contributed by atoms with Gasteiger partial charge in [0.2, 0.25) is 0 Å². The predicted octanol–water partition coefficient (Wildman–Crippen LogP) is 4.03. The number of carboxylic acid groups (broad SMARTS) is 1. The number of piperidine rings is 1. The lowest BCUT2D eigenvalue weighted by atomic mass is 9.95. The van der Waals surface area contributed by atoms with Gasteiger partial charge in [0.1, 0.15) is 11.8 Å². The van der Waals surface area contributed by atoms with Crippen molar-refractivity contribution in [3.63, 3.8) is 0 Å². The van der Waals surface area contributed by atoms with Gasteiger partial charge < -0.3 is 9.52 Å². The molecule has 0 radical (unpaired) electrons.